The van der Waals surface area contributed by atoms with Crippen LogP contribution in [0, 0.1) is 11.6 Å². The molecule has 1 aromatic rings. The van der Waals surface area contributed by atoms with Gasteiger partial charge in [-0.15, -0.1) is 12.4 Å². The molecular formula is C10H11ClF5N. The van der Waals surface area contributed by atoms with E-state index in [9.17, 15) is 22.0 Å². The molecular weight excluding hydrogens is 265 g/mol. The summed E-state index contributed by atoms with van der Waals surface area (Å²) in [6, 6.07) is 1.39. The van der Waals surface area contributed by atoms with E-state index in [1.54, 1.807) is 0 Å². The second-order valence-corrected chi connectivity index (χ2v) is 3.43. The van der Waals surface area contributed by atoms with E-state index < -0.39 is 36.7 Å². The third kappa shape index (κ3) is 5.32. The Hall–Kier alpha value is -0.880. The number of halogens is 6. The Balaban J connectivity index is 0.00000256. The van der Waals surface area contributed by atoms with Gasteiger partial charge in [-0.3, -0.25) is 0 Å². The molecule has 1 rings (SSSR count). The van der Waals surface area contributed by atoms with Gasteiger partial charge in [0.2, 0.25) is 0 Å². The minimum absolute atomic E-state index is 0. The van der Waals surface area contributed by atoms with Gasteiger partial charge in [0.1, 0.15) is 11.6 Å². The molecule has 17 heavy (non-hydrogen) atoms. The molecule has 0 aliphatic heterocycles. The average Bonchev–Trinajstić information content (AvgIpc) is 2.17. The topological polar surface area (TPSA) is 26.0 Å². The Morgan fingerprint density at radius 2 is 1.76 bits per heavy atom. The summed E-state index contributed by atoms with van der Waals surface area (Å²) in [6.45, 7) is 0. The van der Waals surface area contributed by atoms with Crippen molar-refractivity contribution in [2.45, 2.75) is 25.1 Å². The molecule has 0 aliphatic rings. The van der Waals surface area contributed by atoms with Gasteiger partial charge >= 0.3 is 6.18 Å². The maximum Gasteiger partial charge on any atom is 0.389 e. The maximum atomic E-state index is 13.1. The summed E-state index contributed by atoms with van der Waals surface area (Å²) in [5.41, 5.74) is 5.13. The average molecular weight is 276 g/mol. The fraction of sp³-hybridized carbons (Fsp3) is 0.400. The molecule has 0 radical (unpaired) electrons. The largest absolute Gasteiger partial charge is 0.389 e. The Morgan fingerprint density at radius 3 is 2.29 bits per heavy atom. The van der Waals surface area contributed by atoms with Crippen molar-refractivity contribution in [3.8, 4) is 0 Å². The van der Waals surface area contributed by atoms with Crippen LogP contribution in [0.3, 0.4) is 0 Å². The number of nitrogens with two attached hydrogens (primary N) is 1. The lowest BCUT2D eigenvalue weighted by Gasteiger charge is -2.14. The Labute approximate surface area is 101 Å². The van der Waals surface area contributed by atoms with Crippen LogP contribution < -0.4 is 5.73 Å². The highest BCUT2D eigenvalue weighted by Gasteiger charge is 2.28. The van der Waals surface area contributed by atoms with Crippen molar-refractivity contribution in [1.29, 1.82) is 0 Å². The zero-order chi connectivity index (χ0) is 12.3. The van der Waals surface area contributed by atoms with E-state index >= 15 is 0 Å². The molecule has 0 spiro atoms. The van der Waals surface area contributed by atoms with E-state index in [1.807, 2.05) is 0 Å². The van der Waals surface area contributed by atoms with Crippen LogP contribution in [0.4, 0.5) is 22.0 Å². The molecule has 0 saturated carbocycles. The fourth-order valence-electron chi connectivity index (χ4n) is 1.27. The predicted molar refractivity (Wildman–Crippen MR) is 55.8 cm³/mol. The first kappa shape index (κ1) is 16.1. The molecule has 2 N–H and O–H groups in total. The molecule has 0 unspecified atom stereocenters. The molecule has 0 heterocycles. The zero-order valence-electron chi connectivity index (χ0n) is 8.60. The van der Waals surface area contributed by atoms with Crippen LogP contribution in [0.15, 0.2) is 18.2 Å². The number of benzene rings is 1. The molecule has 7 heteroatoms. The molecule has 0 aromatic heterocycles. The Morgan fingerprint density at radius 1 is 1.18 bits per heavy atom. The highest BCUT2D eigenvalue weighted by molar-refractivity contribution is 5.85. The molecule has 1 nitrogen and oxygen atoms in total. The third-order valence-corrected chi connectivity index (χ3v) is 2.10. The van der Waals surface area contributed by atoms with Crippen molar-refractivity contribution in [3.05, 3.63) is 35.4 Å². The van der Waals surface area contributed by atoms with E-state index in [0.717, 1.165) is 18.2 Å². The van der Waals surface area contributed by atoms with E-state index in [-0.39, 0.29) is 18.0 Å². The lowest BCUT2D eigenvalue weighted by molar-refractivity contribution is -0.136. The van der Waals surface area contributed by atoms with Crippen molar-refractivity contribution in [3.63, 3.8) is 0 Å². The number of hydrogen-bond donors (Lipinski definition) is 1. The minimum atomic E-state index is -4.35. The van der Waals surface area contributed by atoms with Crippen LogP contribution in [-0.2, 0) is 0 Å². The van der Waals surface area contributed by atoms with E-state index in [1.165, 1.54) is 0 Å². The van der Waals surface area contributed by atoms with Gasteiger partial charge < -0.3 is 5.73 Å². The lowest BCUT2D eigenvalue weighted by Crippen LogP contribution is -2.17. The fourth-order valence-corrected chi connectivity index (χ4v) is 1.27. The van der Waals surface area contributed by atoms with Crippen molar-refractivity contribution in [2.24, 2.45) is 5.73 Å². The maximum absolute atomic E-state index is 13.1. The molecule has 98 valence electrons. The summed E-state index contributed by atoms with van der Waals surface area (Å²) in [5, 5.41) is 0. The summed E-state index contributed by atoms with van der Waals surface area (Å²) in [7, 11) is 0. The first-order chi connectivity index (χ1) is 7.29. The van der Waals surface area contributed by atoms with Crippen molar-refractivity contribution >= 4 is 12.4 Å². The van der Waals surface area contributed by atoms with Gasteiger partial charge in [0.05, 0.1) is 0 Å². The number of rotatable bonds is 3. The van der Waals surface area contributed by atoms with Crippen molar-refractivity contribution in [1.82, 2.24) is 0 Å². The summed E-state index contributed by atoms with van der Waals surface area (Å²) in [6.07, 6.45) is -5.94. The molecule has 1 aromatic carbocycles. The second-order valence-electron chi connectivity index (χ2n) is 3.43. The third-order valence-electron chi connectivity index (χ3n) is 2.10. The molecule has 1 atom stereocenters. The minimum Gasteiger partial charge on any atom is -0.324 e. The number of alkyl halides is 3. The normalized spacial score (nSPS) is 13.1. The molecule has 0 saturated heterocycles. The molecule has 0 aliphatic carbocycles. The van der Waals surface area contributed by atoms with Gasteiger partial charge in [0, 0.05) is 18.0 Å². The first-order valence-electron chi connectivity index (χ1n) is 4.57. The van der Waals surface area contributed by atoms with Crippen LogP contribution in [0.25, 0.3) is 0 Å². The van der Waals surface area contributed by atoms with Crippen LogP contribution >= 0.6 is 12.4 Å². The molecule has 0 bridgehead atoms. The molecule has 0 amide bonds. The van der Waals surface area contributed by atoms with Gasteiger partial charge in [-0.2, -0.15) is 13.2 Å². The van der Waals surface area contributed by atoms with Gasteiger partial charge in [-0.05, 0) is 24.6 Å². The summed E-state index contributed by atoms with van der Waals surface area (Å²) in [4.78, 5) is 0. The monoisotopic (exact) mass is 275 g/mol. The number of hydrogen-bond acceptors (Lipinski definition) is 1. The highest BCUT2D eigenvalue weighted by atomic mass is 35.5. The van der Waals surface area contributed by atoms with E-state index in [2.05, 4.69) is 0 Å². The van der Waals surface area contributed by atoms with E-state index in [4.69, 9.17) is 5.73 Å². The lowest BCUT2D eigenvalue weighted by atomic mass is 10.0. The van der Waals surface area contributed by atoms with Crippen molar-refractivity contribution < 1.29 is 22.0 Å². The van der Waals surface area contributed by atoms with Crippen LogP contribution in [0.2, 0.25) is 0 Å². The van der Waals surface area contributed by atoms with Gasteiger partial charge in [0.15, 0.2) is 0 Å². The first-order valence-corrected chi connectivity index (χ1v) is 4.57. The standard InChI is InChI=1S/C10H10F5N.ClH/c11-6-1-2-8(12)7(5-6)9(16)3-4-10(13,14)15;/h1-2,5,9H,3-4,16H2;1H/t9-;/m0./s1. The van der Waals surface area contributed by atoms with Gasteiger partial charge in [-0.1, -0.05) is 0 Å². The summed E-state index contributed by atoms with van der Waals surface area (Å²) in [5.74, 6) is -1.52. The molecule has 0 fully saturated rings. The van der Waals surface area contributed by atoms with Gasteiger partial charge in [-0.25, -0.2) is 8.78 Å². The summed E-state index contributed by atoms with van der Waals surface area (Å²) >= 11 is 0. The predicted octanol–water partition coefficient (Wildman–Crippen LogP) is 3.73. The SMILES string of the molecule is Cl.N[C@@H](CCC(F)(F)F)c1cc(F)ccc1F. The van der Waals surface area contributed by atoms with Crippen LogP contribution in [0.1, 0.15) is 24.4 Å². The smallest absolute Gasteiger partial charge is 0.324 e. The highest BCUT2D eigenvalue weighted by Crippen LogP contribution is 2.27. The quantitative estimate of drug-likeness (QED) is 0.836. The van der Waals surface area contributed by atoms with Crippen LogP contribution in [0.5, 0.6) is 0 Å². The Kier molecular flexibility index (Phi) is 5.84. The van der Waals surface area contributed by atoms with E-state index in [0.29, 0.717) is 0 Å². The summed E-state index contributed by atoms with van der Waals surface area (Å²) < 4.78 is 61.5. The van der Waals surface area contributed by atoms with Crippen molar-refractivity contribution in [2.75, 3.05) is 0 Å². The van der Waals surface area contributed by atoms with Gasteiger partial charge in [0.25, 0.3) is 0 Å². The Bertz CT molecular complexity index is 366. The zero-order valence-corrected chi connectivity index (χ0v) is 9.42. The second kappa shape index (κ2) is 6.16. The van der Waals surface area contributed by atoms with Crippen LogP contribution in [-0.4, -0.2) is 6.18 Å².